The quantitative estimate of drug-likeness (QED) is 0.903. The largest absolute Gasteiger partial charge is 0.359 e. The van der Waals surface area contributed by atoms with Crippen LogP contribution in [0.25, 0.3) is 11.3 Å². The fraction of sp³-hybridized carbons (Fsp3) is 0.375. The minimum absolute atomic E-state index is 0.126. The molecule has 1 aliphatic heterocycles. The molecule has 8 heteroatoms. The molecule has 0 spiro atoms. The van der Waals surface area contributed by atoms with Gasteiger partial charge in [0.05, 0.1) is 17.0 Å². The molecule has 7 nitrogen and oxygen atoms in total. The number of hydrogen-bond donors (Lipinski definition) is 1. The zero-order chi connectivity index (χ0) is 17.2. The van der Waals surface area contributed by atoms with Crippen LogP contribution in [0.3, 0.4) is 0 Å². The molecular weight excluding hydrogens is 330 g/mol. The molecule has 1 saturated heterocycles. The Morgan fingerprint density at radius 2 is 2.12 bits per heavy atom. The van der Waals surface area contributed by atoms with Crippen molar-refractivity contribution in [1.29, 1.82) is 0 Å². The normalized spacial score (nSPS) is 19.1. The third kappa shape index (κ3) is 3.07. The molecule has 1 aliphatic rings. The van der Waals surface area contributed by atoms with Gasteiger partial charge in [-0.25, -0.2) is 8.42 Å². The third-order valence-electron chi connectivity index (χ3n) is 4.21. The van der Waals surface area contributed by atoms with Crippen LogP contribution in [0.15, 0.2) is 45.9 Å². The van der Waals surface area contributed by atoms with Crippen LogP contribution in [0.2, 0.25) is 0 Å². The van der Waals surface area contributed by atoms with Crippen LogP contribution in [0.1, 0.15) is 12.8 Å². The first-order valence-electron chi connectivity index (χ1n) is 7.76. The number of aromatic nitrogens is 1. The van der Waals surface area contributed by atoms with Gasteiger partial charge in [0.1, 0.15) is 0 Å². The number of rotatable bonds is 4. The number of nitrogens with zero attached hydrogens (tertiary/aromatic N) is 2. The predicted octanol–water partition coefficient (Wildman–Crippen LogP) is 1.49. The number of carbonyl (C=O) groups is 1. The van der Waals surface area contributed by atoms with Gasteiger partial charge in [0.25, 0.3) is 0 Å². The van der Waals surface area contributed by atoms with Crippen molar-refractivity contribution in [3.05, 3.63) is 36.5 Å². The summed E-state index contributed by atoms with van der Waals surface area (Å²) in [6.45, 7) is 0.591. The molecule has 1 aromatic carbocycles. The first-order chi connectivity index (χ1) is 11.5. The number of hydrogen-bond acceptors (Lipinski definition) is 5. The van der Waals surface area contributed by atoms with Crippen LogP contribution in [-0.2, 0) is 14.8 Å². The van der Waals surface area contributed by atoms with E-state index >= 15 is 0 Å². The summed E-state index contributed by atoms with van der Waals surface area (Å²) in [4.78, 5) is 12.0. The van der Waals surface area contributed by atoms with Gasteiger partial charge in [0, 0.05) is 31.8 Å². The monoisotopic (exact) mass is 349 g/mol. The zero-order valence-electron chi connectivity index (χ0n) is 13.3. The molecule has 2 heterocycles. The Morgan fingerprint density at radius 3 is 2.83 bits per heavy atom. The van der Waals surface area contributed by atoms with Gasteiger partial charge in [-0.15, -0.1) is 0 Å². The molecule has 1 unspecified atom stereocenters. The van der Waals surface area contributed by atoms with Crippen molar-refractivity contribution < 1.29 is 17.7 Å². The van der Waals surface area contributed by atoms with E-state index in [1.165, 1.54) is 10.5 Å². The maximum atomic E-state index is 13.1. The van der Waals surface area contributed by atoms with E-state index in [0.29, 0.717) is 30.7 Å². The topological polar surface area (TPSA) is 92.5 Å². The number of sulfonamides is 1. The van der Waals surface area contributed by atoms with Crippen molar-refractivity contribution in [2.24, 2.45) is 5.92 Å². The SMILES string of the molecule is CNC(=O)C1CCCN(S(=O)(=O)c2ccccc2-c2ccno2)C1. The van der Waals surface area contributed by atoms with Crippen molar-refractivity contribution in [2.45, 2.75) is 17.7 Å². The molecule has 1 N–H and O–H groups in total. The molecule has 0 bridgehead atoms. The number of carbonyl (C=O) groups excluding carboxylic acids is 1. The number of benzene rings is 1. The molecule has 0 radical (unpaired) electrons. The molecule has 3 rings (SSSR count). The summed E-state index contributed by atoms with van der Waals surface area (Å²) in [5, 5.41) is 6.24. The van der Waals surface area contributed by atoms with E-state index in [0.717, 1.165) is 0 Å². The summed E-state index contributed by atoms with van der Waals surface area (Å²) in [5.41, 5.74) is 0.470. The van der Waals surface area contributed by atoms with Gasteiger partial charge in [-0.05, 0) is 25.0 Å². The Hall–Kier alpha value is -2.19. The van der Waals surface area contributed by atoms with Gasteiger partial charge >= 0.3 is 0 Å². The van der Waals surface area contributed by atoms with Crippen molar-refractivity contribution in [3.8, 4) is 11.3 Å². The van der Waals surface area contributed by atoms with Crippen molar-refractivity contribution in [1.82, 2.24) is 14.8 Å². The number of piperidine rings is 1. The fourth-order valence-corrected chi connectivity index (χ4v) is 4.69. The van der Waals surface area contributed by atoms with Crippen molar-refractivity contribution >= 4 is 15.9 Å². The highest BCUT2D eigenvalue weighted by Crippen LogP contribution is 2.31. The van der Waals surface area contributed by atoms with Crippen LogP contribution >= 0.6 is 0 Å². The summed E-state index contributed by atoms with van der Waals surface area (Å²) in [5.74, 6) is -0.0524. The average Bonchev–Trinajstić information content (AvgIpc) is 3.15. The summed E-state index contributed by atoms with van der Waals surface area (Å²) in [6.07, 6.45) is 2.82. The molecule has 0 saturated carbocycles. The Balaban J connectivity index is 1.95. The highest BCUT2D eigenvalue weighted by Gasteiger charge is 2.34. The lowest BCUT2D eigenvalue weighted by Gasteiger charge is -2.31. The lowest BCUT2D eigenvalue weighted by molar-refractivity contribution is -0.125. The molecule has 1 aromatic heterocycles. The summed E-state index contributed by atoms with van der Waals surface area (Å²) >= 11 is 0. The van der Waals surface area contributed by atoms with E-state index < -0.39 is 10.0 Å². The smallest absolute Gasteiger partial charge is 0.243 e. The molecule has 1 atom stereocenters. The van der Waals surface area contributed by atoms with Gasteiger partial charge in [-0.3, -0.25) is 4.79 Å². The summed E-state index contributed by atoms with van der Waals surface area (Å²) in [7, 11) is -2.16. The van der Waals surface area contributed by atoms with Crippen LogP contribution in [0.5, 0.6) is 0 Å². The summed E-state index contributed by atoms with van der Waals surface area (Å²) < 4.78 is 32.7. The van der Waals surface area contributed by atoms with Gasteiger partial charge in [0.15, 0.2) is 5.76 Å². The standard InChI is InChI=1S/C16H19N3O4S/c1-17-16(20)12-5-4-10-19(11-12)24(21,22)15-7-3-2-6-13(15)14-8-9-18-23-14/h2-3,6-9,12H,4-5,10-11H2,1H3,(H,17,20). The van der Waals surface area contributed by atoms with Crippen LogP contribution < -0.4 is 5.32 Å². The molecule has 1 amide bonds. The molecule has 1 fully saturated rings. The Morgan fingerprint density at radius 1 is 1.33 bits per heavy atom. The van der Waals surface area contributed by atoms with E-state index in [-0.39, 0.29) is 23.3 Å². The lowest BCUT2D eigenvalue weighted by Crippen LogP contribution is -2.44. The number of amides is 1. The Bertz CT molecular complexity index is 818. The second kappa shape index (κ2) is 6.74. The second-order valence-corrected chi connectivity index (χ2v) is 7.60. The number of nitrogens with one attached hydrogen (secondary N) is 1. The predicted molar refractivity (Wildman–Crippen MR) is 87.5 cm³/mol. The minimum atomic E-state index is -3.73. The van der Waals surface area contributed by atoms with Crippen LogP contribution in [0.4, 0.5) is 0 Å². The van der Waals surface area contributed by atoms with Crippen LogP contribution in [0, 0.1) is 5.92 Å². The molecule has 128 valence electrons. The minimum Gasteiger partial charge on any atom is -0.359 e. The maximum absolute atomic E-state index is 13.1. The Labute approximate surface area is 140 Å². The van der Waals surface area contributed by atoms with E-state index in [9.17, 15) is 13.2 Å². The fourth-order valence-electron chi connectivity index (χ4n) is 2.97. The van der Waals surface area contributed by atoms with Crippen molar-refractivity contribution in [3.63, 3.8) is 0 Å². The second-order valence-electron chi connectivity index (χ2n) is 5.69. The highest BCUT2D eigenvalue weighted by molar-refractivity contribution is 7.89. The average molecular weight is 349 g/mol. The summed E-state index contributed by atoms with van der Waals surface area (Å²) in [6, 6.07) is 8.29. The van der Waals surface area contributed by atoms with Gasteiger partial charge < -0.3 is 9.84 Å². The van der Waals surface area contributed by atoms with Crippen LogP contribution in [-0.4, -0.2) is 43.9 Å². The molecule has 0 aliphatic carbocycles. The molecule has 24 heavy (non-hydrogen) atoms. The van der Waals surface area contributed by atoms with Crippen molar-refractivity contribution in [2.75, 3.05) is 20.1 Å². The van der Waals surface area contributed by atoms with E-state index in [1.807, 2.05) is 0 Å². The maximum Gasteiger partial charge on any atom is 0.243 e. The first-order valence-corrected chi connectivity index (χ1v) is 9.20. The zero-order valence-corrected chi connectivity index (χ0v) is 14.1. The third-order valence-corrected chi connectivity index (χ3v) is 6.13. The van der Waals surface area contributed by atoms with E-state index in [1.54, 1.807) is 37.4 Å². The highest BCUT2D eigenvalue weighted by atomic mass is 32.2. The first kappa shape index (κ1) is 16.7. The van der Waals surface area contributed by atoms with E-state index in [4.69, 9.17) is 4.52 Å². The molecule has 2 aromatic rings. The van der Waals surface area contributed by atoms with E-state index in [2.05, 4.69) is 10.5 Å². The van der Waals surface area contributed by atoms with Gasteiger partial charge in [0.2, 0.25) is 15.9 Å². The van der Waals surface area contributed by atoms with Gasteiger partial charge in [-0.2, -0.15) is 4.31 Å². The molecular formula is C16H19N3O4S. The Kier molecular flexibility index (Phi) is 4.68. The van der Waals surface area contributed by atoms with Gasteiger partial charge in [-0.1, -0.05) is 17.3 Å². The lowest BCUT2D eigenvalue weighted by atomic mass is 9.99.